The van der Waals surface area contributed by atoms with Crippen molar-refractivity contribution < 1.29 is 4.42 Å². The van der Waals surface area contributed by atoms with Gasteiger partial charge in [0, 0.05) is 11.9 Å². The molecular formula is C11H8ClN3O. The number of hydrogen-bond acceptors (Lipinski definition) is 3. The minimum atomic E-state index is 0.436. The lowest BCUT2D eigenvalue weighted by Crippen LogP contribution is -1.91. The Morgan fingerprint density at radius 2 is 2.19 bits per heavy atom. The monoisotopic (exact) mass is 233 g/mol. The van der Waals surface area contributed by atoms with Gasteiger partial charge in [0.1, 0.15) is 0 Å². The number of fused-ring (bicyclic) bond motifs is 1. The number of furan rings is 1. The third kappa shape index (κ3) is 1.27. The van der Waals surface area contributed by atoms with E-state index in [4.69, 9.17) is 21.8 Å². The Balaban J connectivity index is 2.37. The van der Waals surface area contributed by atoms with Gasteiger partial charge in [-0.05, 0) is 24.3 Å². The summed E-state index contributed by atoms with van der Waals surface area (Å²) in [5.74, 6) is 1.31. The molecule has 3 heterocycles. The van der Waals surface area contributed by atoms with Crippen LogP contribution in [0.25, 0.3) is 17.1 Å². The Morgan fingerprint density at radius 1 is 1.31 bits per heavy atom. The molecule has 3 rings (SSSR count). The van der Waals surface area contributed by atoms with Crippen LogP contribution >= 0.6 is 11.6 Å². The van der Waals surface area contributed by atoms with Crippen LogP contribution < -0.4 is 5.73 Å². The van der Waals surface area contributed by atoms with Crippen molar-refractivity contribution in [2.24, 2.45) is 0 Å². The summed E-state index contributed by atoms with van der Waals surface area (Å²) in [6, 6.07) is 7.25. The van der Waals surface area contributed by atoms with Crippen molar-refractivity contribution in [2.45, 2.75) is 0 Å². The van der Waals surface area contributed by atoms with E-state index in [2.05, 4.69) is 4.98 Å². The quantitative estimate of drug-likeness (QED) is 0.703. The van der Waals surface area contributed by atoms with Crippen molar-refractivity contribution >= 4 is 22.8 Å². The number of aromatic nitrogens is 2. The highest BCUT2D eigenvalue weighted by atomic mass is 35.5. The van der Waals surface area contributed by atoms with E-state index in [0.29, 0.717) is 22.4 Å². The zero-order valence-corrected chi connectivity index (χ0v) is 8.98. The molecule has 0 atom stereocenters. The molecule has 0 aliphatic rings. The van der Waals surface area contributed by atoms with Crippen LogP contribution in [-0.4, -0.2) is 9.38 Å². The molecule has 0 amide bonds. The Kier molecular flexibility index (Phi) is 1.91. The second kappa shape index (κ2) is 3.28. The molecule has 4 nitrogen and oxygen atoms in total. The molecule has 3 aromatic rings. The number of halogens is 1. The molecule has 0 unspecified atom stereocenters. The van der Waals surface area contributed by atoms with Crippen molar-refractivity contribution in [3.05, 3.63) is 41.9 Å². The van der Waals surface area contributed by atoms with Gasteiger partial charge in [0.2, 0.25) is 0 Å². The molecular weight excluding hydrogens is 226 g/mol. The zero-order chi connectivity index (χ0) is 11.1. The van der Waals surface area contributed by atoms with Crippen LogP contribution in [0.2, 0.25) is 5.15 Å². The summed E-state index contributed by atoms with van der Waals surface area (Å²) < 4.78 is 7.11. The third-order valence-corrected chi connectivity index (χ3v) is 2.63. The fourth-order valence-corrected chi connectivity index (χ4v) is 1.88. The fourth-order valence-electron chi connectivity index (χ4n) is 1.64. The molecule has 0 aliphatic carbocycles. The first kappa shape index (κ1) is 9.30. The van der Waals surface area contributed by atoms with Crippen molar-refractivity contribution in [3.63, 3.8) is 0 Å². The Labute approximate surface area is 96.3 Å². The van der Waals surface area contributed by atoms with E-state index in [1.54, 1.807) is 24.6 Å². The molecule has 0 aromatic carbocycles. The number of anilines is 1. The summed E-state index contributed by atoms with van der Waals surface area (Å²) in [5, 5.41) is 0.436. The maximum absolute atomic E-state index is 6.03. The average molecular weight is 234 g/mol. The minimum Gasteiger partial charge on any atom is -0.461 e. The first-order chi connectivity index (χ1) is 7.75. The fraction of sp³-hybridized carbons (Fsp3) is 0. The summed E-state index contributed by atoms with van der Waals surface area (Å²) in [6.45, 7) is 0. The minimum absolute atomic E-state index is 0.436. The highest BCUT2D eigenvalue weighted by Gasteiger charge is 2.12. The lowest BCUT2D eigenvalue weighted by atomic mass is 10.3. The van der Waals surface area contributed by atoms with Crippen molar-refractivity contribution in [2.75, 3.05) is 5.73 Å². The predicted octanol–water partition coefficient (Wildman–Crippen LogP) is 2.83. The molecule has 0 saturated carbocycles. The van der Waals surface area contributed by atoms with E-state index in [1.165, 1.54) is 0 Å². The Bertz CT molecular complexity index is 643. The van der Waals surface area contributed by atoms with Gasteiger partial charge in [0.05, 0.1) is 11.8 Å². The second-order valence-corrected chi connectivity index (χ2v) is 3.78. The van der Waals surface area contributed by atoms with Gasteiger partial charge in [0.25, 0.3) is 0 Å². The third-order valence-electron chi connectivity index (χ3n) is 2.36. The molecule has 5 heteroatoms. The van der Waals surface area contributed by atoms with E-state index < -0.39 is 0 Å². The normalized spacial score (nSPS) is 11.1. The summed E-state index contributed by atoms with van der Waals surface area (Å²) >= 11 is 6.03. The van der Waals surface area contributed by atoms with Crippen LogP contribution in [0.15, 0.2) is 41.1 Å². The van der Waals surface area contributed by atoms with Gasteiger partial charge >= 0.3 is 0 Å². The van der Waals surface area contributed by atoms with Crippen LogP contribution in [-0.2, 0) is 0 Å². The Hall–Kier alpha value is -1.94. The maximum atomic E-state index is 6.03. The van der Waals surface area contributed by atoms with Crippen molar-refractivity contribution in [1.29, 1.82) is 0 Å². The van der Waals surface area contributed by atoms with Gasteiger partial charge in [-0.15, -0.1) is 0 Å². The number of pyridine rings is 1. The van der Waals surface area contributed by atoms with Gasteiger partial charge in [-0.1, -0.05) is 11.6 Å². The van der Waals surface area contributed by atoms with E-state index in [0.717, 1.165) is 5.52 Å². The van der Waals surface area contributed by atoms with Crippen LogP contribution in [0.3, 0.4) is 0 Å². The molecule has 16 heavy (non-hydrogen) atoms. The molecule has 0 radical (unpaired) electrons. The van der Waals surface area contributed by atoms with Crippen LogP contribution in [0.4, 0.5) is 5.69 Å². The van der Waals surface area contributed by atoms with Crippen LogP contribution in [0, 0.1) is 0 Å². The van der Waals surface area contributed by atoms with Crippen LogP contribution in [0.1, 0.15) is 0 Å². The highest BCUT2D eigenvalue weighted by molar-refractivity contribution is 6.32. The SMILES string of the molecule is Nc1ccc2c(Cl)nc(-c3ccco3)n2c1. The number of rotatable bonds is 1. The molecule has 0 bridgehead atoms. The number of hydrogen-bond donors (Lipinski definition) is 1. The van der Waals surface area contributed by atoms with Gasteiger partial charge < -0.3 is 10.2 Å². The largest absolute Gasteiger partial charge is 0.461 e. The maximum Gasteiger partial charge on any atom is 0.182 e. The second-order valence-electron chi connectivity index (χ2n) is 3.42. The van der Waals surface area contributed by atoms with Gasteiger partial charge in [-0.3, -0.25) is 4.40 Å². The summed E-state index contributed by atoms with van der Waals surface area (Å²) in [7, 11) is 0. The lowest BCUT2D eigenvalue weighted by molar-refractivity contribution is 0.577. The molecule has 0 aliphatic heterocycles. The number of imidazole rings is 1. The predicted molar refractivity (Wildman–Crippen MR) is 62.3 cm³/mol. The van der Waals surface area contributed by atoms with E-state index in [1.807, 2.05) is 16.5 Å². The highest BCUT2D eigenvalue weighted by Crippen LogP contribution is 2.26. The van der Waals surface area contributed by atoms with E-state index in [9.17, 15) is 0 Å². The molecule has 0 spiro atoms. The van der Waals surface area contributed by atoms with Crippen molar-refractivity contribution in [1.82, 2.24) is 9.38 Å². The van der Waals surface area contributed by atoms with Crippen LogP contribution in [0.5, 0.6) is 0 Å². The first-order valence-corrected chi connectivity index (χ1v) is 5.10. The lowest BCUT2D eigenvalue weighted by Gasteiger charge is -1.99. The van der Waals surface area contributed by atoms with Gasteiger partial charge in [-0.25, -0.2) is 4.98 Å². The number of nitrogen functional groups attached to an aromatic ring is 1. The molecule has 80 valence electrons. The topological polar surface area (TPSA) is 56.5 Å². The molecule has 0 saturated heterocycles. The average Bonchev–Trinajstić information content (AvgIpc) is 2.86. The standard InChI is InChI=1S/C11H8ClN3O/c12-10-8-4-3-7(13)6-15(8)11(14-10)9-2-1-5-16-9/h1-6H,13H2. The summed E-state index contributed by atoms with van der Waals surface area (Å²) in [5.41, 5.74) is 7.19. The molecule has 0 fully saturated rings. The zero-order valence-electron chi connectivity index (χ0n) is 8.22. The van der Waals surface area contributed by atoms with Crippen molar-refractivity contribution in [3.8, 4) is 11.6 Å². The number of nitrogens with two attached hydrogens (primary N) is 1. The number of nitrogens with zero attached hydrogens (tertiary/aromatic N) is 2. The molecule has 3 aromatic heterocycles. The summed E-state index contributed by atoms with van der Waals surface area (Å²) in [4.78, 5) is 4.25. The summed E-state index contributed by atoms with van der Waals surface area (Å²) in [6.07, 6.45) is 3.36. The molecule has 2 N–H and O–H groups in total. The van der Waals surface area contributed by atoms with Gasteiger partial charge in [0.15, 0.2) is 16.7 Å². The Morgan fingerprint density at radius 3 is 2.94 bits per heavy atom. The smallest absolute Gasteiger partial charge is 0.182 e. The van der Waals surface area contributed by atoms with E-state index >= 15 is 0 Å². The van der Waals surface area contributed by atoms with Gasteiger partial charge in [-0.2, -0.15) is 0 Å². The van der Waals surface area contributed by atoms with E-state index in [-0.39, 0.29) is 0 Å². The first-order valence-electron chi connectivity index (χ1n) is 4.72.